The van der Waals surface area contributed by atoms with E-state index < -0.39 is 36.7 Å². The van der Waals surface area contributed by atoms with Gasteiger partial charge in [-0.2, -0.15) is 18.3 Å². The monoisotopic (exact) mass is 608 g/mol. The van der Waals surface area contributed by atoms with Crippen LogP contribution in [0.4, 0.5) is 18.9 Å². The summed E-state index contributed by atoms with van der Waals surface area (Å²) in [4.78, 5) is 25.2. The number of aromatic nitrogens is 2. The molecule has 1 aromatic heterocycles. The summed E-state index contributed by atoms with van der Waals surface area (Å²) in [5.41, 5.74) is -1.34. The first-order valence-corrected chi connectivity index (χ1v) is 13.1. The molecule has 0 radical (unpaired) electrons. The number of anilines is 1. The molecule has 4 aromatic rings. The zero-order valence-corrected chi connectivity index (χ0v) is 23.3. The highest BCUT2D eigenvalue weighted by molar-refractivity contribution is 6.39. The van der Waals surface area contributed by atoms with Crippen molar-refractivity contribution in [3.63, 3.8) is 0 Å². The molecule has 0 aliphatic rings. The van der Waals surface area contributed by atoms with Crippen molar-refractivity contribution in [3.05, 3.63) is 87.5 Å². The zero-order valence-electron chi connectivity index (χ0n) is 21.8. The van der Waals surface area contributed by atoms with Crippen molar-refractivity contribution in [2.24, 2.45) is 0 Å². The molecular weight excluding hydrogens is 584 g/mol. The van der Waals surface area contributed by atoms with Crippen LogP contribution in [0.1, 0.15) is 33.2 Å². The second-order valence-corrected chi connectivity index (χ2v) is 10.3. The number of carbonyl (C=O) groups is 2. The Balaban J connectivity index is 1.64. The predicted molar refractivity (Wildman–Crippen MR) is 150 cm³/mol. The Morgan fingerprint density at radius 2 is 1.71 bits per heavy atom. The fraction of sp³-hybridized carbons (Fsp3) is 0.250. The molecule has 13 heteroatoms. The number of hydrogen-bond donors (Lipinski definition) is 3. The average Bonchev–Trinajstić information content (AvgIpc) is 3.33. The molecule has 0 saturated carbocycles. The molecular formula is C28H25Cl2F3N4O4. The molecule has 4 rings (SSSR count). The number of carbonyl (C=O) groups excluding carboxylic acids is 1. The highest BCUT2D eigenvalue weighted by Crippen LogP contribution is 2.35. The van der Waals surface area contributed by atoms with Gasteiger partial charge in [-0.05, 0) is 67.9 Å². The third-order valence-electron chi connectivity index (χ3n) is 6.59. The van der Waals surface area contributed by atoms with Gasteiger partial charge in [-0.3, -0.25) is 4.79 Å². The van der Waals surface area contributed by atoms with Gasteiger partial charge in [0.25, 0.3) is 5.91 Å². The van der Waals surface area contributed by atoms with Crippen LogP contribution in [0.5, 0.6) is 0 Å². The number of hydrogen-bond acceptors (Lipinski definition) is 5. The summed E-state index contributed by atoms with van der Waals surface area (Å²) in [5.74, 6) is -1.93. The van der Waals surface area contributed by atoms with E-state index in [0.717, 1.165) is 4.90 Å². The van der Waals surface area contributed by atoms with Crippen LogP contribution < -0.4 is 5.32 Å². The molecule has 216 valence electrons. The standard InChI is InChI=1S/C28H25Cl2F3N4O4/c1-3-36(25(38)24-20(29)5-4-6-21(24)30)15-27(41,28(31,32)33)14-34-22-11-16(2)12-23-19(22)13-35-37(23)18-9-7-17(8-10-18)26(39)40/h4-13,34,41H,3,14-15H2,1-2H3,(H,39,40). The van der Waals surface area contributed by atoms with Gasteiger partial charge < -0.3 is 20.4 Å². The number of fused-ring (bicyclic) bond motifs is 1. The summed E-state index contributed by atoms with van der Waals surface area (Å²) in [5, 5.41) is 27.5. The van der Waals surface area contributed by atoms with Gasteiger partial charge in [0.2, 0.25) is 0 Å². The Kier molecular flexibility index (Phi) is 8.53. The zero-order chi connectivity index (χ0) is 30.1. The van der Waals surface area contributed by atoms with E-state index in [9.17, 15) is 27.9 Å². The molecule has 8 nitrogen and oxygen atoms in total. The van der Waals surface area contributed by atoms with E-state index in [2.05, 4.69) is 10.4 Å². The van der Waals surface area contributed by atoms with Crippen LogP contribution >= 0.6 is 23.2 Å². The van der Waals surface area contributed by atoms with E-state index in [0.29, 0.717) is 22.2 Å². The molecule has 0 saturated heterocycles. The summed E-state index contributed by atoms with van der Waals surface area (Å²) in [7, 11) is 0. The van der Waals surface area contributed by atoms with Crippen molar-refractivity contribution in [2.45, 2.75) is 25.6 Å². The molecule has 1 unspecified atom stereocenters. The fourth-order valence-corrected chi connectivity index (χ4v) is 4.91. The molecule has 41 heavy (non-hydrogen) atoms. The van der Waals surface area contributed by atoms with Crippen LogP contribution in [0.25, 0.3) is 16.6 Å². The van der Waals surface area contributed by atoms with Gasteiger partial charge >= 0.3 is 12.1 Å². The number of aromatic carboxylic acids is 1. The molecule has 0 aliphatic heterocycles. The molecule has 3 N–H and O–H groups in total. The van der Waals surface area contributed by atoms with Gasteiger partial charge in [-0.15, -0.1) is 0 Å². The molecule has 3 aromatic carbocycles. The predicted octanol–water partition coefficient (Wildman–Crippen LogP) is 6.21. The fourth-order valence-electron chi connectivity index (χ4n) is 4.35. The van der Waals surface area contributed by atoms with E-state index in [4.69, 9.17) is 28.3 Å². The van der Waals surface area contributed by atoms with Crippen LogP contribution in [-0.2, 0) is 0 Å². The van der Waals surface area contributed by atoms with E-state index in [1.54, 1.807) is 31.2 Å². The first kappa shape index (κ1) is 30.2. The number of amides is 1. The summed E-state index contributed by atoms with van der Waals surface area (Å²) in [6.07, 6.45) is -3.66. The Morgan fingerprint density at radius 3 is 2.27 bits per heavy atom. The molecule has 0 aliphatic carbocycles. The van der Waals surface area contributed by atoms with E-state index >= 15 is 0 Å². The Labute approximate surface area is 242 Å². The molecule has 1 atom stereocenters. The lowest BCUT2D eigenvalue weighted by Crippen LogP contribution is -2.58. The number of nitrogens with zero attached hydrogens (tertiary/aromatic N) is 3. The minimum absolute atomic E-state index is 0.0219. The number of benzene rings is 3. The SMILES string of the molecule is CCN(CC(O)(CNc1cc(C)cc2c1cnn2-c1ccc(C(=O)O)cc1)C(F)(F)F)C(=O)c1c(Cl)cccc1Cl. The number of likely N-dealkylation sites (N-methyl/N-ethyl adjacent to an activating group) is 1. The van der Waals surface area contributed by atoms with Crippen LogP contribution in [0.15, 0.2) is 60.8 Å². The Morgan fingerprint density at radius 1 is 1.07 bits per heavy atom. The average molecular weight is 609 g/mol. The second kappa shape index (κ2) is 11.6. The molecule has 1 heterocycles. The first-order chi connectivity index (χ1) is 19.3. The van der Waals surface area contributed by atoms with Gasteiger partial charge in [0.1, 0.15) is 0 Å². The van der Waals surface area contributed by atoms with E-state index in [1.807, 2.05) is 0 Å². The number of aliphatic hydroxyl groups is 1. The lowest BCUT2D eigenvalue weighted by molar-refractivity contribution is -0.257. The van der Waals surface area contributed by atoms with Crippen molar-refractivity contribution in [3.8, 4) is 5.69 Å². The lowest BCUT2D eigenvalue weighted by atomic mass is 10.0. The van der Waals surface area contributed by atoms with E-state index in [-0.39, 0.29) is 33.4 Å². The quantitative estimate of drug-likeness (QED) is 0.209. The number of nitrogens with one attached hydrogen (secondary N) is 1. The number of rotatable bonds is 9. The maximum atomic E-state index is 14.3. The van der Waals surface area contributed by atoms with Crippen LogP contribution in [0.3, 0.4) is 0 Å². The second-order valence-electron chi connectivity index (χ2n) is 9.45. The third kappa shape index (κ3) is 6.12. The normalized spacial score (nSPS) is 13.2. The van der Waals surface area contributed by atoms with Crippen LogP contribution in [-0.4, -0.2) is 68.2 Å². The van der Waals surface area contributed by atoms with Gasteiger partial charge in [-0.25, -0.2) is 9.48 Å². The van der Waals surface area contributed by atoms with Crippen molar-refractivity contribution < 1.29 is 33.0 Å². The number of halogens is 5. The number of aryl methyl sites for hydroxylation is 1. The van der Waals surface area contributed by atoms with Crippen molar-refractivity contribution >= 4 is 51.7 Å². The van der Waals surface area contributed by atoms with E-state index in [1.165, 1.54) is 48.1 Å². The third-order valence-corrected chi connectivity index (χ3v) is 7.22. The first-order valence-electron chi connectivity index (χ1n) is 12.3. The summed E-state index contributed by atoms with van der Waals surface area (Å²) < 4.78 is 44.4. The summed E-state index contributed by atoms with van der Waals surface area (Å²) in [6, 6.07) is 13.7. The minimum atomic E-state index is -5.11. The summed E-state index contributed by atoms with van der Waals surface area (Å²) >= 11 is 12.2. The maximum absolute atomic E-state index is 14.3. The molecule has 0 fully saturated rings. The van der Waals surface area contributed by atoms with Gasteiger partial charge in [0.15, 0.2) is 5.60 Å². The largest absolute Gasteiger partial charge is 0.478 e. The number of carboxylic acids is 1. The van der Waals surface area contributed by atoms with Crippen molar-refractivity contribution in [1.82, 2.24) is 14.7 Å². The van der Waals surface area contributed by atoms with Gasteiger partial charge in [0, 0.05) is 17.6 Å². The molecule has 1 amide bonds. The van der Waals surface area contributed by atoms with Crippen LogP contribution in [0, 0.1) is 6.92 Å². The van der Waals surface area contributed by atoms with Crippen LogP contribution in [0.2, 0.25) is 10.0 Å². The maximum Gasteiger partial charge on any atom is 0.420 e. The Hall–Kier alpha value is -3.80. The minimum Gasteiger partial charge on any atom is -0.478 e. The Bertz CT molecular complexity index is 1590. The van der Waals surface area contributed by atoms with Gasteiger partial charge in [-0.1, -0.05) is 29.3 Å². The smallest absolute Gasteiger partial charge is 0.420 e. The highest BCUT2D eigenvalue weighted by atomic mass is 35.5. The summed E-state index contributed by atoms with van der Waals surface area (Å²) in [6.45, 7) is 1.02. The van der Waals surface area contributed by atoms with Gasteiger partial charge in [0.05, 0.1) is 51.7 Å². The lowest BCUT2D eigenvalue weighted by Gasteiger charge is -2.36. The topological polar surface area (TPSA) is 108 Å². The van der Waals surface area contributed by atoms with Crippen molar-refractivity contribution in [1.29, 1.82) is 0 Å². The van der Waals surface area contributed by atoms with Crippen molar-refractivity contribution in [2.75, 3.05) is 25.0 Å². The number of carboxylic acid groups (broad SMARTS) is 1. The molecule has 0 bridgehead atoms. The number of alkyl halides is 3. The molecule has 0 spiro atoms. The highest BCUT2D eigenvalue weighted by Gasteiger charge is 2.55.